The lowest BCUT2D eigenvalue weighted by Gasteiger charge is -2.28. The van der Waals surface area contributed by atoms with E-state index < -0.39 is 0 Å². The number of anilines is 6. The summed E-state index contributed by atoms with van der Waals surface area (Å²) in [5.74, 6) is 0.813. The number of nitrogens with zero attached hydrogens (tertiary/aromatic N) is 6. The Morgan fingerprint density at radius 2 is 0.944 bits per heavy atom. The zero-order valence-corrected chi connectivity index (χ0v) is 50.6. The number of ketones is 2. The maximum atomic E-state index is 13.3. The molecule has 0 spiro atoms. The predicted molar refractivity (Wildman–Crippen MR) is 356 cm³/mol. The molecule has 13 rings (SSSR count). The topological polar surface area (TPSA) is 200 Å². The molecule has 0 radical (unpaired) electrons. The van der Waals surface area contributed by atoms with Crippen molar-refractivity contribution in [1.29, 1.82) is 0 Å². The van der Waals surface area contributed by atoms with E-state index in [9.17, 15) is 27.6 Å². The molecule has 0 unspecified atom stereocenters. The third kappa shape index (κ3) is 15.7. The molecule has 0 atom stereocenters. The molecule has 7 aromatic carbocycles. The van der Waals surface area contributed by atoms with Gasteiger partial charge in [0.2, 0.25) is 0 Å². The highest BCUT2D eigenvalue weighted by Gasteiger charge is 2.20. The Hall–Kier alpha value is -9.79. The Kier molecular flexibility index (Phi) is 19.9. The largest absolute Gasteiger partial charge is 0.398 e. The Morgan fingerprint density at radius 3 is 1.47 bits per heavy atom. The van der Waals surface area contributed by atoms with Crippen LogP contribution in [0, 0.1) is 24.4 Å². The lowest BCUT2D eigenvalue weighted by molar-refractivity contribution is 0.0985. The van der Waals surface area contributed by atoms with Crippen molar-refractivity contribution in [2.45, 2.75) is 19.8 Å². The van der Waals surface area contributed by atoms with Crippen molar-refractivity contribution in [3.8, 4) is 33.4 Å². The Labute approximate surface area is 525 Å². The Bertz CT molecular complexity index is 4130. The summed E-state index contributed by atoms with van der Waals surface area (Å²) in [5, 5.41) is 14.8. The smallest absolute Gasteiger partial charge is 0.267 e. The van der Waals surface area contributed by atoms with Gasteiger partial charge in [-0.2, -0.15) is 0 Å². The van der Waals surface area contributed by atoms with E-state index in [0.717, 1.165) is 162 Å². The molecule has 6 heterocycles. The molecule has 3 fully saturated rings. The maximum absolute atomic E-state index is 13.3. The number of rotatable bonds is 14. The number of nitrogen functional groups attached to an aromatic ring is 2. The van der Waals surface area contributed by atoms with Gasteiger partial charge in [-0.3, -0.25) is 14.4 Å². The minimum atomic E-state index is -0.282. The van der Waals surface area contributed by atoms with Crippen LogP contribution in [-0.4, -0.2) is 111 Å². The number of benzene rings is 7. The van der Waals surface area contributed by atoms with Gasteiger partial charge in [-0.05, 0) is 166 Å². The number of hydrogen-bond donors (Lipinski definition) is 6. The molecular formula is C71H69F3N12O3S. The Balaban J connectivity index is 0.000000139. The van der Waals surface area contributed by atoms with Gasteiger partial charge >= 0.3 is 0 Å². The molecule has 90 heavy (non-hydrogen) atoms. The number of pyridine rings is 2. The molecule has 19 heteroatoms. The number of carbonyl (C=O) groups is 3. The summed E-state index contributed by atoms with van der Waals surface area (Å²) in [7, 11) is 0. The summed E-state index contributed by atoms with van der Waals surface area (Å²) in [6.07, 6.45) is 3.66. The van der Waals surface area contributed by atoms with E-state index in [2.05, 4.69) is 45.9 Å². The van der Waals surface area contributed by atoms with E-state index in [1.807, 2.05) is 91.9 Å². The van der Waals surface area contributed by atoms with E-state index in [1.54, 1.807) is 60.9 Å². The number of nitrogens with one attached hydrogen (secondary N) is 4. The predicted octanol–water partition coefficient (Wildman–Crippen LogP) is 11.7. The van der Waals surface area contributed by atoms with Crippen LogP contribution in [0.3, 0.4) is 0 Å². The van der Waals surface area contributed by atoms with Crippen LogP contribution >= 0.6 is 11.3 Å². The van der Waals surface area contributed by atoms with Crippen molar-refractivity contribution < 1.29 is 27.6 Å². The molecule has 15 nitrogen and oxygen atoms in total. The molecule has 0 bridgehead atoms. The van der Waals surface area contributed by atoms with E-state index in [1.165, 1.54) is 47.7 Å². The first-order valence-electron chi connectivity index (χ1n) is 30.0. The molecule has 3 aromatic heterocycles. The van der Waals surface area contributed by atoms with Crippen LogP contribution in [-0.2, 0) is 12.8 Å². The van der Waals surface area contributed by atoms with Gasteiger partial charge < -0.3 is 47.4 Å². The standard InChI is InChI=1S/C27H25FN4O.C23H23FN4O.C21H21FN4OS/c28-23-6-1-18(2-7-23)19-3-8-24(29)22(15-19)17-26(33)21-4-9-25-20(16-21)5-10-27(31-25)32-13-11-30-12-14-32;24-20-5-1-16(2-6-20)17-3-7-21(25)19(13-17)14-22(29)18-4-8-23(27-15-18)28-11-9-26-10-12-28;1-14-2-3-16(15-4-6-17(22)7-5-15)12-18(14)25-20(27)19-13-24-21(28-19)26-10-8-23-9-11-26/h1-10,15-16,30H,11-14,17,29H2;1-8,13,15,26H,9-12,14,25H2;2-7,12-13,23H,8-11H2,1H3,(H,25,27). The summed E-state index contributed by atoms with van der Waals surface area (Å²) in [4.78, 5) is 59.5. The number of halogens is 3. The van der Waals surface area contributed by atoms with E-state index >= 15 is 0 Å². The SMILES string of the molecule is Cc1ccc(-c2ccc(F)cc2)cc1NC(=O)c1cnc(N2CCNCC2)s1.Nc1ccc(-c2ccc(F)cc2)cc1CC(=O)c1ccc(N2CCNCC2)nc1.Nc1ccc(-c2ccc(F)cc2)cc1CC(=O)c1ccc2nc(N3CCNCC3)ccc2c1. The highest BCUT2D eigenvalue weighted by molar-refractivity contribution is 7.17. The number of carbonyl (C=O) groups excluding carboxylic acids is 3. The van der Waals surface area contributed by atoms with Crippen molar-refractivity contribution in [1.82, 2.24) is 30.9 Å². The van der Waals surface area contributed by atoms with Gasteiger partial charge in [-0.1, -0.05) is 72.0 Å². The monoisotopic (exact) mass is 1230 g/mol. The second kappa shape index (κ2) is 29.0. The van der Waals surface area contributed by atoms with E-state index in [-0.39, 0.29) is 47.8 Å². The fraction of sp³-hybridized carbons (Fsp3) is 0.211. The van der Waals surface area contributed by atoms with Crippen LogP contribution in [0.1, 0.15) is 47.1 Å². The number of thiazole rings is 1. The quantitative estimate of drug-likeness (QED) is 0.0444. The number of fused-ring (bicyclic) bond motifs is 1. The Morgan fingerprint density at radius 1 is 0.489 bits per heavy atom. The van der Waals surface area contributed by atoms with Crippen LogP contribution in [0.2, 0.25) is 0 Å². The molecule has 10 aromatic rings. The van der Waals surface area contributed by atoms with Gasteiger partial charge in [-0.15, -0.1) is 0 Å². The third-order valence-corrected chi connectivity index (χ3v) is 17.1. The molecule has 3 aliphatic rings. The fourth-order valence-corrected chi connectivity index (χ4v) is 11.7. The molecular weight excluding hydrogens is 1160 g/mol. The highest BCUT2D eigenvalue weighted by Crippen LogP contribution is 2.31. The first kappa shape index (κ1) is 61.8. The lowest BCUT2D eigenvalue weighted by atomic mass is 9.96. The van der Waals surface area contributed by atoms with Gasteiger partial charge in [0.05, 0.1) is 11.7 Å². The average molecular weight is 1230 g/mol. The molecule has 458 valence electrons. The van der Waals surface area contributed by atoms with Crippen LogP contribution < -0.4 is 47.4 Å². The fourth-order valence-electron chi connectivity index (χ4n) is 10.8. The summed E-state index contributed by atoms with van der Waals surface area (Å²) < 4.78 is 39.6. The molecule has 0 saturated carbocycles. The van der Waals surface area contributed by atoms with Crippen LogP contribution in [0.5, 0.6) is 0 Å². The second-order valence-electron chi connectivity index (χ2n) is 22.2. The second-order valence-corrected chi connectivity index (χ2v) is 23.2. The number of amides is 1. The summed E-state index contributed by atoms with van der Waals surface area (Å²) >= 11 is 1.41. The van der Waals surface area contributed by atoms with Crippen molar-refractivity contribution in [3.63, 3.8) is 0 Å². The number of aryl methyl sites for hydroxylation is 1. The molecule has 0 aliphatic carbocycles. The summed E-state index contributed by atoms with van der Waals surface area (Å²) in [5.41, 5.74) is 24.1. The van der Waals surface area contributed by atoms with Crippen molar-refractivity contribution in [2.24, 2.45) is 0 Å². The van der Waals surface area contributed by atoms with Crippen molar-refractivity contribution in [3.05, 3.63) is 232 Å². The van der Waals surface area contributed by atoms with Crippen molar-refractivity contribution >= 4 is 73.5 Å². The number of hydrogen-bond acceptors (Lipinski definition) is 15. The normalized spacial score (nSPS) is 14.0. The van der Waals surface area contributed by atoms with Gasteiger partial charge in [0.1, 0.15) is 34.0 Å². The maximum Gasteiger partial charge on any atom is 0.267 e. The van der Waals surface area contributed by atoms with Crippen LogP contribution in [0.25, 0.3) is 44.3 Å². The molecule has 3 aliphatic heterocycles. The minimum Gasteiger partial charge on any atom is -0.398 e. The number of nitrogens with two attached hydrogens (primary N) is 2. The summed E-state index contributed by atoms with van der Waals surface area (Å²) in [6, 6.07) is 49.3. The van der Waals surface area contributed by atoms with Crippen molar-refractivity contribution in [2.75, 3.05) is 110 Å². The third-order valence-electron chi connectivity index (χ3n) is 16.1. The zero-order valence-electron chi connectivity index (χ0n) is 49.8. The minimum absolute atomic E-state index is 0.00830. The molecule has 3 saturated heterocycles. The van der Waals surface area contributed by atoms with Gasteiger partial charge in [0, 0.05) is 131 Å². The molecule has 1 amide bonds. The average Bonchev–Trinajstić information content (AvgIpc) is 4.01. The van der Waals surface area contributed by atoms with E-state index in [0.29, 0.717) is 27.4 Å². The highest BCUT2D eigenvalue weighted by atomic mass is 32.1. The lowest BCUT2D eigenvalue weighted by Crippen LogP contribution is -2.43. The number of aromatic nitrogens is 3. The van der Waals surface area contributed by atoms with Crippen LogP contribution in [0.15, 0.2) is 182 Å². The molecule has 8 N–H and O–H groups in total. The number of Topliss-reactive ketones (excluding diaryl/α,β-unsaturated/α-hetero) is 2. The number of piperazine rings is 3. The zero-order chi connectivity index (χ0) is 62.5. The van der Waals surface area contributed by atoms with Gasteiger partial charge in [-0.25, -0.2) is 28.1 Å². The van der Waals surface area contributed by atoms with E-state index in [4.69, 9.17) is 16.5 Å². The summed E-state index contributed by atoms with van der Waals surface area (Å²) in [6.45, 7) is 13.1. The van der Waals surface area contributed by atoms with Crippen LogP contribution in [0.4, 0.5) is 47.0 Å². The first-order valence-corrected chi connectivity index (χ1v) is 30.8. The van der Waals surface area contributed by atoms with Gasteiger partial charge in [0.15, 0.2) is 16.7 Å². The van der Waals surface area contributed by atoms with Gasteiger partial charge in [0.25, 0.3) is 5.91 Å². The first-order chi connectivity index (χ1) is 43.8.